The number of hydrogen-bond donors (Lipinski definition) is 3. The normalized spacial score (nSPS) is 17.3. The first kappa shape index (κ1) is 18.3. The van der Waals surface area contributed by atoms with Crippen molar-refractivity contribution in [3.05, 3.63) is 40.5 Å². The molecule has 1 aliphatic heterocycles. The lowest BCUT2D eigenvalue weighted by Crippen LogP contribution is -2.22. The molecule has 4 heterocycles. The minimum absolute atomic E-state index is 0.128. The van der Waals surface area contributed by atoms with Gasteiger partial charge in [-0.25, -0.2) is 14.6 Å². The first-order valence-corrected chi connectivity index (χ1v) is 10.0. The van der Waals surface area contributed by atoms with Gasteiger partial charge in [0.05, 0.1) is 23.9 Å². The van der Waals surface area contributed by atoms with Crippen molar-refractivity contribution in [1.82, 2.24) is 25.2 Å². The van der Waals surface area contributed by atoms with Crippen LogP contribution in [0.15, 0.2) is 30.1 Å². The van der Waals surface area contributed by atoms with E-state index in [1.807, 2.05) is 12.1 Å². The Bertz CT molecular complexity index is 1240. The molecule has 3 aromatic heterocycles. The second-order valence-corrected chi connectivity index (χ2v) is 7.99. The van der Waals surface area contributed by atoms with Crippen LogP contribution in [0, 0.1) is 0 Å². The number of urea groups is 1. The van der Waals surface area contributed by atoms with Gasteiger partial charge in [0.2, 0.25) is 0 Å². The van der Waals surface area contributed by atoms with Crippen LogP contribution in [-0.4, -0.2) is 45.7 Å². The highest BCUT2D eigenvalue weighted by molar-refractivity contribution is 7.17. The lowest BCUT2D eigenvalue weighted by atomic mass is 10.2. The summed E-state index contributed by atoms with van der Waals surface area (Å²) in [6.45, 7) is 0. The molecule has 0 atom stereocenters. The molecule has 3 N–H and O–H groups in total. The molecule has 0 radical (unpaired) electrons. The molecule has 11 heteroatoms. The Kier molecular flexibility index (Phi) is 4.24. The summed E-state index contributed by atoms with van der Waals surface area (Å²) >= 11 is 1.28. The van der Waals surface area contributed by atoms with Crippen molar-refractivity contribution >= 4 is 46.8 Å². The Hall–Kier alpha value is -3.73. The maximum atomic E-state index is 11.9. The molecule has 1 saturated carbocycles. The van der Waals surface area contributed by atoms with Crippen LogP contribution in [-0.2, 0) is 9.53 Å². The number of rotatable bonds is 5. The van der Waals surface area contributed by atoms with E-state index in [1.165, 1.54) is 24.5 Å². The number of carbonyl (C=O) groups excluding carboxylic acids is 3. The molecule has 152 valence electrons. The number of aromatic nitrogens is 3. The zero-order valence-electron chi connectivity index (χ0n) is 15.8. The van der Waals surface area contributed by atoms with E-state index >= 15 is 0 Å². The molecule has 3 aromatic rings. The number of fused-ring (bicyclic) bond motifs is 1. The molecule has 1 saturated heterocycles. The number of esters is 1. The average Bonchev–Trinajstić information content (AvgIpc) is 3.12. The Labute approximate surface area is 173 Å². The highest BCUT2D eigenvalue weighted by Crippen LogP contribution is 2.32. The molecule has 0 aromatic carbocycles. The molecule has 3 amide bonds. The van der Waals surface area contributed by atoms with Crippen molar-refractivity contribution in [2.24, 2.45) is 0 Å². The largest absolute Gasteiger partial charge is 0.465 e. The van der Waals surface area contributed by atoms with Gasteiger partial charge in [0.1, 0.15) is 16.4 Å². The molecule has 1 aliphatic carbocycles. The summed E-state index contributed by atoms with van der Waals surface area (Å²) in [6.07, 6.45) is 5.28. The van der Waals surface area contributed by atoms with Crippen LogP contribution in [0.5, 0.6) is 0 Å². The molecule has 0 bridgehead atoms. The third-order valence-corrected chi connectivity index (χ3v) is 5.78. The van der Waals surface area contributed by atoms with Crippen molar-refractivity contribution in [2.75, 3.05) is 12.4 Å². The summed E-state index contributed by atoms with van der Waals surface area (Å²) in [4.78, 5) is 41.1. The molecule has 2 aliphatic rings. The van der Waals surface area contributed by atoms with Gasteiger partial charge < -0.3 is 15.4 Å². The van der Waals surface area contributed by atoms with Crippen LogP contribution in [0.3, 0.4) is 0 Å². The SMILES string of the molecule is COC(=O)c1ccc(-c2cc(NC3CC3)n3ncc(/C=C4\NC(=O)NC4=O)c3n2)s1. The van der Waals surface area contributed by atoms with Crippen LogP contribution in [0.1, 0.15) is 28.1 Å². The van der Waals surface area contributed by atoms with Gasteiger partial charge in [0, 0.05) is 17.7 Å². The third kappa shape index (κ3) is 3.28. The number of amides is 3. The first-order chi connectivity index (χ1) is 14.5. The minimum Gasteiger partial charge on any atom is -0.465 e. The zero-order valence-corrected chi connectivity index (χ0v) is 16.6. The number of hydrogen-bond acceptors (Lipinski definition) is 8. The number of nitrogens with one attached hydrogen (secondary N) is 3. The van der Waals surface area contributed by atoms with Gasteiger partial charge in [0.15, 0.2) is 5.65 Å². The van der Waals surface area contributed by atoms with Crippen LogP contribution in [0.4, 0.5) is 10.6 Å². The van der Waals surface area contributed by atoms with Gasteiger partial charge >= 0.3 is 12.0 Å². The van der Waals surface area contributed by atoms with Crippen molar-refractivity contribution < 1.29 is 19.1 Å². The van der Waals surface area contributed by atoms with E-state index in [4.69, 9.17) is 9.72 Å². The third-order valence-electron chi connectivity index (χ3n) is 4.69. The number of methoxy groups -OCH3 is 1. The number of imide groups is 1. The van der Waals surface area contributed by atoms with Crippen molar-refractivity contribution in [2.45, 2.75) is 18.9 Å². The van der Waals surface area contributed by atoms with E-state index in [2.05, 4.69) is 21.0 Å². The lowest BCUT2D eigenvalue weighted by Gasteiger charge is -2.09. The highest BCUT2D eigenvalue weighted by atomic mass is 32.1. The van der Waals surface area contributed by atoms with Crippen LogP contribution >= 0.6 is 11.3 Å². The molecule has 30 heavy (non-hydrogen) atoms. The van der Waals surface area contributed by atoms with Crippen molar-refractivity contribution in [3.63, 3.8) is 0 Å². The lowest BCUT2D eigenvalue weighted by molar-refractivity contribution is -0.115. The minimum atomic E-state index is -0.568. The van der Waals surface area contributed by atoms with E-state index in [0.717, 1.165) is 23.5 Å². The fourth-order valence-corrected chi connectivity index (χ4v) is 3.96. The topological polar surface area (TPSA) is 127 Å². The van der Waals surface area contributed by atoms with Gasteiger partial charge in [-0.1, -0.05) is 0 Å². The van der Waals surface area contributed by atoms with Gasteiger partial charge in [-0.2, -0.15) is 9.61 Å². The summed E-state index contributed by atoms with van der Waals surface area (Å²) < 4.78 is 6.45. The fourth-order valence-electron chi connectivity index (χ4n) is 3.07. The Morgan fingerprint density at radius 1 is 1.33 bits per heavy atom. The molecule has 0 unspecified atom stereocenters. The molecule has 10 nitrogen and oxygen atoms in total. The molecular formula is C19H16N6O4S. The van der Waals surface area contributed by atoms with E-state index in [0.29, 0.717) is 27.8 Å². The van der Waals surface area contributed by atoms with Gasteiger partial charge in [-0.15, -0.1) is 11.3 Å². The van der Waals surface area contributed by atoms with E-state index in [9.17, 15) is 14.4 Å². The maximum absolute atomic E-state index is 11.9. The standard InChI is InChI=1S/C19H16N6O4S/c1-29-18(27)14-5-4-13(30-14)11-7-15(21-10-2-3-10)25-16(22-11)9(8-20-25)6-12-17(26)24-19(28)23-12/h4-8,10,21H,2-3H2,1H3,(H2,23,24,26,28)/b12-6-. The predicted octanol–water partition coefficient (Wildman–Crippen LogP) is 2.00. The number of carbonyl (C=O) groups is 3. The monoisotopic (exact) mass is 424 g/mol. The Morgan fingerprint density at radius 2 is 2.17 bits per heavy atom. The number of ether oxygens (including phenoxy) is 1. The van der Waals surface area contributed by atoms with Crippen LogP contribution in [0.25, 0.3) is 22.3 Å². The molecule has 5 rings (SSSR count). The zero-order chi connectivity index (χ0) is 20.8. The quantitative estimate of drug-likeness (QED) is 0.325. The summed E-state index contributed by atoms with van der Waals surface area (Å²) in [6, 6.07) is 5.20. The van der Waals surface area contributed by atoms with E-state index < -0.39 is 17.9 Å². The maximum Gasteiger partial charge on any atom is 0.348 e. The first-order valence-electron chi connectivity index (χ1n) is 9.19. The Morgan fingerprint density at radius 3 is 2.87 bits per heavy atom. The van der Waals surface area contributed by atoms with Gasteiger partial charge in [0.25, 0.3) is 5.91 Å². The van der Waals surface area contributed by atoms with Crippen LogP contribution in [0.2, 0.25) is 0 Å². The predicted molar refractivity (Wildman–Crippen MR) is 109 cm³/mol. The molecule has 2 fully saturated rings. The van der Waals surface area contributed by atoms with Gasteiger partial charge in [-0.05, 0) is 31.1 Å². The number of nitrogens with zero attached hydrogens (tertiary/aromatic N) is 3. The number of anilines is 1. The summed E-state index contributed by atoms with van der Waals surface area (Å²) in [5.41, 5.74) is 1.88. The Balaban J connectivity index is 1.62. The average molecular weight is 424 g/mol. The van der Waals surface area contributed by atoms with Crippen LogP contribution < -0.4 is 16.0 Å². The van der Waals surface area contributed by atoms with Crippen molar-refractivity contribution in [1.29, 1.82) is 0 Å². The van der Waals surface area contributed by atoms with Gasteiger partial charge in [-0.3, -0.25) is 10.1 Å². The number of thiophene rings is 1. The molecule has 0 spiro atoms. The summed E-state index contributed by atoms with van der Waals surface area (Å²) in [7, 11) is 1.34. The summed E-state index contributed by atoms with van der Waals surface area (Å²) in [5, 5.41) is 12.5. The van der Waals surface area contributed by atoms with E-state index in [1.54, 1.807) is 16.8 Å². The smallest absolute Gasteiger partial charge is 0.348 e. The van der Waals surface area contributed by atoms with E-state index in [-0.39, 0.29) is 5.70 Å². The second-order valence-electron chi connectivity index (χ2n) is 6.90. The van der Waals surface area contributed by atoms with Crippen molar-refractivity contribution in [3.8, 4) is 10.6 Å². The molecular weight excluding hydrogens is 408 g/mol. The highest BCUT2D eigenvalue weighted by Gasteiger charge is 2.25. The summed E-state index contributed by atoms with van der Waals surface area (Å²) in [5.74, 6) is -0.149. The second kappa shape index (κ2) is 6.95. The fraction of sp³-hybridized carbons (Fsp3) is 0.211.